The summed E-state index contributed by atoms with van der Waals surface area (Å²) in [5.74, 6) is 0.207. The molecule has 0 heterocycles. The average molecular weight is 264 g/mol. The van der Waals surface area contributed by atoms with Crippen LogP contribution in [0.15, 0.2) is 18.2 Å². The third-order valence-electron chi connectivity index (χ3n) is 3.96. The third kappa shape index (κ3) is 3.85. The Hall–Kier alpha value is -1.26. The van der Waals surface area contributed by atoms with Gasteiger partial charge in [0.25, 0.3) is 0 Å². The summed E-state index contributed by atoms with van der Waals surface area (Å²) < 4.78 is 0. The zero-order valence-electron chi connectivity index (χ0n) is 11.9. The smallest absolute Gasteiger partial charge is 0.119 e. The fourth-order valence-corrected chi connectivity index (χ4v) is 2.32. The van der Waals surface area contributed by atoms with E-state index < -0.39 is 0 Å². The lowest BCUT2D eigenvalue weighted by atomic mass is 10.1. The highest BCUT2D eigenvalue weighted by atomic mass is 16.3. The SMILES string of the molecule is CC(NCC(C)N(C)C1CC1)c1cc(O)cc(O)c1. The number of phenols is 2. The minimum Gasteiger partial charge on any atom is -0.508 e. The van der Waals surface area contributed by atoms with Crippen molar-refractivity contribution in [2.75, 3.05) is 13.6 Å². The monoisotopic (exact) mass is 264 g/mol. The number of hydrogen-bond donors (Lipinski definition) is 3. The van der Waals surface area contributed by atoms with Gasteiger partial charge >= 0.3 is 0 Å². The van der Waals surface area contributed by atoms with E-state index in [1.807, 2.05) is 6.92 Å². The molecule has 1 fully saturated rings. The van der Waals surface area contributed by atoms with Crippen molar-refractivity contribution >= 4 is 0 Å². The summed E-state index contributed by atoms with van der Waals surface area (Å²) in [7, 11) is 2.18. The number of nitrogens with zero attached hydrogens (tertiary/aromatic N) is 1. The predicted octanol–water partition coefficient (Wildman–Crippen LogP) is 2.23. The number of likely N-dealkylation sites (N-methyl/N-ethyl adjacent to an activating group) is 1. The number of rotatable bonds is 6. The summed E-state index contributed by atoms with van der Waals surface area (Å²) in [4.78, 5) is 2.42. The van der Waals surface area contributed by atoms with E-state index in [0.717, 1.165) is 18.2 Å². The molecule has 3 N–H and O–H groups in total. The van der Waals surface area contributed by atoms with Crippen molar-refractivity contribution in [1.82, 2.24) is 10.2 Å². The van der Waals surface area contributed by atoms with Gasteiger partial charge in [0, 0.05) is 30.7 Å². The third-order valence-corrected chi connectivity index (χ3v) is 3.96. The van der Waals surface area contributed by atoms with Crippen molar-refractivity contribution in [2.45, 2.75) is 44.8 Å². The molecule has 0 aliphatic heterocycles. The lowest BCUT2D eigenvalue weighted by Crippen LogP contribution is -2.39. The van der Waals surface area contributed by atoms with Crippen LogP contribution in [0.5, 0.6) is 11.5 Å². The minimum absolute atomic E-state index is 0.104. The molecule has 1 aliphatic carbocycles. The van der Waals surface area contributed by atoms with Crippen LogP contribution in [-0.4, -0.2) is 40.8 Å². The zero-order valence-corrected chi connectivity index (χ0v) is 11.9. The molecule has 2 rings (SSSR count). The first kappa shape index (κ1) is 14.2. The van der Waals surface area contributed by atoms with Crippen molar-refractivity contribution in [3.05, 3.63) is 23.8 Å². The van der Waals surface area contributed by atoms with Crippen LogP contribution in [-0.2, 0) is 0 Å². The van der Waals surface area contributed by atoms with Gasteiger partial charge in [-0.25, -0.2) is 0 Å². The van der Waals surface area contributed by atoms with Gasteiger partial charge in [0.05, 0.1) is 0 Å². The van der Waals surface area contributed by atoms with Crippen LogP contribution in [0, 0.1) is 0 Å². The highest BCUT2D eigenvalue weighted by molar-refractivity contribution is 5.37. The van der Waals surface area contributed by atoms with Gasteiger partial charge in [-0.15, -0.1) is 0 Å². The minimum atomic E-state index is 0.104. The summed E-state index contributed by atoms with van der Waals surface area (Å²) in [5, 5.41) is 22.4. The maximum Gasteiger partial charge on any atom is 0.119 e. The maximum absolute atomic E-state index is 9.49. The summed E-state index contributed by atoms with van der Waals surface area (Å²) in [6.07, 6.45) is 2.63. The van der Waals surface area contributed by atoms with Crippen molar-refractivity contribution in [3.63, 3.8) is 0 Å². The normalized spacial score (nSPS) is 18.5. The molecule has 0 saturated heterocycles. The number of benzene rings is 1. The standard InChI is InChI=1S/C15H24N2O2/c1-10(17(3)13-4-5-13)9-16-11(2)12-6-14(18)8-15(19)7-12/h6-8,10-11,13,16,18-19H,4-5,9H2,1-3H3. The molecule has 4 nitrogen and oxygen atoms in total. The fourth-order valence-electron chi connectivity index (χ4n) is 2.32. The number of nitrogens with one attached hydrogen (secondary N) is 1. The molecule has 2 unspecified atom stereocenters. The first-order chi connectivity index (χ1) is 8.97. The molecule has 19 heavy (non-hydrogen) atoms. The summed E-state index contributed by atoms with van der Waals surface area (Å²) in [6.45, 7) is 5.15. The molecule has 1 aromatic carbocycles. The van der Waals surface area contributed by atoms with E-state index in [0.29, 0.717) is 6.04 Å². The molecule has 1 saturated carbocycles. The van der Waals surface area contributed by atoms with E-state index >= 15 is 0 Å². The van der Waals surface area contributed by atoms with Crippen LogP contribution in [0.4, 0.5) is 0 Å². The fraction of sp³-hybridized carbons (Fsp3) is 0.600. The van der Waals surface area contributed by atoms with Crippen LogP contribution in [0.2, 0.25) is 0 Å². The molecule has 1 aliphatic rings. The lowest BCUT2D eigenvalue weighted by Gasteiger charge is -2.26. The molecule has 2 atom stereocenters. The molecule has 0 bridgehead atoms. The van der Waals surface area contributed by atoms with Crippen LogP contribution in [0.3, 0.4) is 0 Å². The lowest BCUT2D eigenvalue weighted by molar-refractivity contribution is 0.237. The average Bonchev–Trinajstić information content (AvgIpc) is 3.17. The van der Waals surface area contributed by atoms with Crippen LogP contribution in [0.1, 0.15) is 38.3 Å². The number of hydrogen-bond acceptors (Lipinski definition) is 4. The Morgan fingerprint density at radius 2 is 1.79 bits per heavy atom. The van der Waals surface area contributed by atoms with E-state index in [-0.39, 0.29) is 17.5 Å². The Balaban J connectivity index is 1.87. The second-order valence-electron chi connectivity index (χ2n) is 5.66. The number of aromatic hydroxyl groups is 2. The van der Waals surface area contributed by atoms with Gasteiger partial charge in [-0.05, 0) is 51.4 Å². The zero-order chi connectivity index (χ0) is 14.0. The first-order valence-corrected chi connectivity index (χ1v) is 6.95. The topological polar surface area (TPSA) is 55.7 Å². The van der Waals surface area contributed by atoms with E-state index in [2.05, 4.69) is 24.2 Å². The largest absolute Gasteiger partial charge is 0.508 e. The second-order valence-corrected chi connectivity index (χ2v) is 5.66. The van der Waals surface area contributed by atoms with E-state index in [1.54, 1.807) is 12.1 Å². The van der Waals surface area contributed by atoms with Gasteiger partial charge in [-0.2, -0.15) is 0 Å². The Kier molecular flexibility index (Phi) is 4.32. The molecule has 0 amide bonds. The Morgan fingerprint density at radius 1 is 1.21 bits per heavy atom. The van der Waals surface area contributed by atoms with Crippen molar-refractivity contribution in [2.24, 2.45) is 0 Å². The molecular formula is C15H24N2O2. The molecule has 1 aromatic rings. The Labute approximate surface area is 115 Å². The second kappa shape index (κ2) is 5.80. The van der Waals surface area contributed by atoms with Gasteiger partial charge in [0.15, 0.2) is 0 Å². The van der Waals surface area contributed by atoms with E-state index in [4.69, 9.17) is 0 Å². The van der Waals surface area contributed by atoms with Crippen LogP contribution in [0.25, 0.3) is 0 Å². The molecule has 0 aromatic heterocycles. The molecule has 4 heteroatoms. The van der Waals surface area contributed by atoms with Gasteiger partial charge in [-0.3, -0.25) is 4.90 Å². The first-order valence-electron chi connectivity index (χ1n) is 6.95. The Bertz CT molecular complexity index is 412. The molecule has 106 valence electrons. The summed E-state index contributed by atoms with van der Waals surface area (Å²) in [6, 6.07) is 6.07. The number of phenolic OH excluding ortho intramolecular Hbond substituents is 2. The predicted molar refractivity (Wildman–Crippen MR) is 76.4 cm³/mol. The van der Waals surface area contributed by atoms with Gasteiger partial charge in [-0.1, -0.05) is 0 Å². The highest BCUT2D eigenvalue weighted by Gasteiger charge is 2.29. The Morgan fingerprint density at radius 3 is 2.32 bits per heavy atom. The molecule has 0 radical (unpaired) electrons. The molecular weight excluding hydrogens is 240 g/mol. The summed E-state index contributed by atoms with van der Waals surface area (Å²) in [5.41, 5.74) is 0.902. The molecule has 0 spiro atoms. The van der Waals surface area contributed by atoms with Gasteiger partial charge in [0.2, 0.25) is 0 Å². The van der Waals surface area contributed by atoms with Crippen LogP contribution < -0.4 is 5.32 Å². The van der Waals surface area contributed by atoms with E-state index in [9.17, 15) is 10.2 Å². The van der Waals surface area contributed by atoms with Crippen molar-refractivity contribution in [3.8, 4) is 11.5 Å². The quantitative estimate of drug-likeness (QED) is 0.737. The van der Waals surface area contributed by atoms with Gasteiger partial charge < -0.3 is 15.5 Å². The highest BCUT2D eigenvalue weighted by Crippen LogP contribution is 2.27. The summed E-state index contributed by atoms with van der Waals surface area (Å²) >= 11 is 0. The van der Waals surface area contributed by atoms with Crippen LogP contribution >= 0.6 is 0 Å². The van der Waals surface area contributed by atoms with E-state index in [1.165, 1.54) is 18.9 Å². The maximum atomic E-state index is 9.49. The van der Waals surface area contributed by atoms with Gasteiger partial charge in [0.1, 0.15) is 11.5 Å². The van der Waals surface area contributed by atoms with Crippen molar-refractivity contribution in [1.29, 1.82) is 0 Å². The van der Waals surface area contributed by atoms with Crippen molar-refractivity contribution < 1.29 is 10.2 Å².